The van der Waals surface area contributed by atoms with Gasteiger partial charge in [0.25, 0.3) is 0 Å². The molecule has 0 radical (unpaired) electrons. The number of urea groups is 1. The van der Waals surface area contributed by atoms with E-state index in [0.717, 1.165) is 36.3 Å². The van der Waals surface area contributed by atoms with Crippen molar-refractivity contribution in [2.24, 2.45) is 11.1 Å². The fraction of sp³-hybridized carbons (Fsp3) is 0.514. The standard InChI is InChI=1S/C35H48N6O8S2/c1-24(42)33(39-35(45)40(2)20-28-23-50-32(37-28)22-49-3)34(44)38-30(17-25-9-5-4-6-10-25)31(43)21-41(19-27-11-7-8-12-27)51(47,48)29-15-13-26(14-16-29)18-36-46/h4-6,9-10,13-16,23-24,27,30-31,33,42-43H,7-8,11-12,17-22H2,1-3H3,(H,38,44)(H,39,45)/t24-,30+,31-,33+/m1/s1. The van der Waals surface area contributed by atoms with Crippen molar-refractivity contribution < 1.29 is 33.0 Å². The summed E-state index contributed by atoms with van der Waals surface area (Å²) in [5, 5.41) is 33.2. The second-order valence-electron chi connectivity index (χ2n) is 13.0. The zero-order chi connectivity index (χ0) is 37.0. The van der Waals surface area contributed by atoms with Crippen molar-refractivity contribution in [2.75, 3.05) is 27.2 Å². The summed E-state index contributed by atoms with van der Waals surface area (Å²) in [7, 11) is -0.992. The van der Waals surface area contributed by atoms with E-state index in [1.54, 1.807) is 7.11 Å². The summed E-state index contributed by atoms with van der Waals surface area (Å²) in [6.45, 7) is 1.65. The topological polar surface area (TPSA) is 191 Å². The minimum Gasteiger partial charge on any atom is -0.391 e. The van der Waals surface area contributed by atoms with Gasteiger partial charge in [0.05, 0.1) is 42.0 Å². The Labute approximate surface area is 303 Å². The lowest BCUT2D eigenvalue weighted by Crippen LogP contribution is -2.59. The Hall–Kier alpha value is -3.80. The number of carbonyl (C=O) groups is 2. The molecule has 1 saturated carbocycles. The van der Waals surface area contributed by atoms with Gasteiger partial charge in [-0.05, 0) is 55.4 Å². The van der Waals surface area contributed by atoms with Gasteiger partial charge >= 0.3 is 6.03 Å². The zero-order valence-corrected chi connectivity index (χ0v) is 30.8. The molecule has 0 aliphatic heterocycles. The highest BCUT2D eigenvalue weighted by Crippen LogP contribution is 2.28. The number of nitrogens with one attached hydrogen (secondary N) is 2. The molecular formula is C35H48N6O8S2. The molecule has 4 N–H and O–H groups in total. The highest BCUT2D eigenvalue weighted by Gasteiger charge is 2.35. The SMILES string of the molecule is COCc1nc(CN(C)C(=O)N[C@H](C(=O)N[C@@H](Cc2ccccc2)[C@H](O)CN(CC2CCCC2)S(=O)(=O)c2ccc(CN=O)cc2)[C@@H](C)O)cs1. The van der Waals surface area contributed by atoms with Gasteiger partial charge in [-0.15, -0.1) is 11.3 Å². The first kappa shape index (κ1) is 40.0. The monoisotopic (exact) mass is 744 g/mol. The molecule has 3 amide bonds. The minimum atomic E-state index is -4.10. The van der Waals surface area contributed by atoms with E-state index in [1.165, 1.54) is 58.8 Å². The van der Waals surface area contributed by atoms with Gasteiger partial charge in [0.15, 0.2) is 0 Å². The number of hydrogen-bond donors (Lipinski definition) is 4. The van der Waals surface area contributed by atoms with Gasteiger partial charge in [0, 0.05) is 32.6 Å². The molecule has 1 aliphatic rings. The number of amides is 3. The van der Waals surface area contributed by atoms with E-state index in [-0.39, 0.29) is 43.4 Å². The minimum absolute atomic E-state index is 0.0135. The molecule has 16 heteroatoms. The smallest absolute Gasteiger partial charge is 0.318 e. The lowest BCUT2D eigenvalue weighted by Gasteiger charge is -2.32. The van der Waals surface area contributed by atoms with E-state index in [2.05, 4.69) is 20.8 Å². The number of aromatic nitrogens is 1. The number of hydrogen-bond acceptors (Lipinski definition) is 11. The molecule has 4 rings (SSSR count). The average molecular weight is 745 g/mol. The van der Waals surface area contributed by atoms with Crippen molar-refractivity contribution in [3.63, 3.8) is 0 Å². The number of aliphatic hydroxyl groups is 2. The molecule has 2 aromatic carbocycles. The van der Waals surface area contributed by atoms with Gasteiger partial charge in [-0.25, -0.2) is 18.2 Å². The number of benzene rings is 2. The Morgan fingerprint density at radius 2 is 1.75 bits per heavy atom. The predicted octanol–water partition coefficient (Wildman–Crippen LogP) is 3.42. The lowest BCUT2D eigenvalue weighted by molar-refractivity contribution is -0.127. The quantitative estimate of drug-likeness (QED) is 0.133. The van der Waals surface area contributed by atoms with Crippen LogP contribution in [-0.4, -0.2) is 96.3 Å². The first-order valence-electron chi connectivity index (χ1n) is 16.9. The highest BCUT2D eigenvalue weighted by atomic mass is 32.2. The van der Waals surface area contributed by atoms with E-state index in [0.29, 0.717) is 17.9 Å². The van der Waals surface area contributed by atoms with Gasteiger partial charge in [-0.1, -0.05) is 60.5 Å². The highest BCUT2D eigenvalue weighted by molar-refractivity contribution is 7.89. The van der Waals surface area contributed by atoms with Crippen LogP contribution in [0.15, 0.2) is 70.0 Å². The van der Waals surface area contributed by atoms with E-state index in [4.69, 9.17) is 4.74 Å². The molecule has 1 aliphatic carbocycles. The van der Waals surface area contributed by atoms with Crippen LogP contribution in [0.25, 0.3) is 0 Å². The third kappa shape index (κ3) is 11.6. The predicted molar refractivity (Wildman–Crippen MR) is 193 cm³/mol. The molecule has 1 aromatic heterocycles. The Morgan fingerprint density at radius 3 is 2.37 bits per heavy atom. The maximum atomic E-state index is 14.0. The van der Waals surface area contributed by atoms with Crippen molar-refractivity contribution in [1.82, 2.24) is 24.8 Å². The third-order valence-corrected chi connectivity index (χ3v) is 11.6. The Balaban J connectivity index is 1.53. The molecule has 1 heterocycles. The first-order chi connectivity index (χ1) is 24.4. The van der Waals surface area contributed by atoms with Crippen LogP contribution in [0.1, 0.15) is 54.4 Å². The van der Waals surface area contributed by atoms with Crippen LogP contribution in [0.4, 0.5) is 4.79 Å². The number of ether oxygens (including phenoxy) is 1. The maximum absolute atomic E-state index is 14.0. The molecule has 278 valence electrons. The fourth-order valence-corrected chi connectivity index (χ4v) is 8.37. The summed E-state index contributed by atoms with van der Waals surface area (Å²) in [5.41, 5.74) is 1.99. The number of carbonyl (C=O) groups excluding carboxylic acids is 2. The fourth-order valence-electron chi connectivity index (χ4n) is 6.08. The van der Waals surface area contributed by atoms with Crippen LogP contribution >= 0.6 is 11.3 Å². The number of aliphatic hydroxyl groups excluding tert-OH is 2. The van der Waals surface area contributed by atoms with Crippen molar-refractivity contribution in [2.45, 2.75) is 87.9 Å². The van der Waals surface area contributed by atoms with Crippen LogP contribution in [0.5, 0.6) is 0 Å². The molecule has 51 heavy (non-hydrogen) atoms. The summed E-state index contributed by atoms with van der Waals surface area (Å²) in [4.78, 5) is 43.4. The Morgan fingerprint density at radius 1 is 1.06 bits per heavy atom. The molecule has 1 fully saturated rings. The summed E-state index contributed by atoms with van der Waals surface area (Å²) in [6.07, 6.45) is 1.16. The van der Waals surface area contributed by atoms with E-state index in [9.17, 15) is 33.1 Å². The Bertz CT molecular complexity index is 1670. The second-order valence-corrected chi connectivity index (χ2v) is 15.8. The van der Waals surface area contributed by atoms with Crippen LogP contribution in [-0.2, 0) is 45.7 Å². The van der Waals surface area contributed by atoms with Crippen molar-refractivity contribution in [3.8, 4) is 0 Å². The molecular weight excluding hydrogens is 697 g/mol. The van der Waals surface area contributed by atoms with Gasteiger partial charge in [-0.2, -0.15) is 9.21 Å². The molecule has 14 nitrogen and oxygen atoms in total. The summed E-state index contributed by atoms with van der Waals surface area (Å²) >= 11 is 1.40. The average Bonchev–Trinajstić information content (AvgIpc) is 3.79. The summed E-state index contributed by atoms with van der Waals surface area (Å²) in [5.74, 6) is -0.636. The van der Waals surface area contributed by atoms with Crippen molar-refractivity contribution in [3.05, 3.63) is 86.7 Å². The summed E-state index contributed by atoms with van der Waals surface area (Å²) in [6, 6.07) is 12.0. The summed E-state index contributed by atoms with van der Waals surface area (Å²) < 4.78 is 34.4. The van der Waals surface area contributed by atoms with Crippen LogP contribution in [0, 0.1) is 10.8 Å². The number of thiazole rings is 1. The van der Waals surface area contributed by atoms with E-state index < -0.39 is 46.3 Å². The first-order valence-corrected chi connectivity index (χ1v) is 19.3. The normalized spacial score (nSPS) is 16.0. The molecule has 4 atom stereocenters. The largest absolute Gasteiger partial charge is 0.391 e. The second kappa shape index (κ2) is 19.2. The van der Waals surface area contributed by atoms with Crippen LogP contribution < -0.4 is 10.6 Å². The van der Waals surface area contributed by atoms with Gasteiger partial charge < -0.3 is 30.5 Å². The number of nitroso groups, excluding NO2 is 1. The number of sulfonamides is 1. The van der Waals surface area contributed by atoms with E-state index >= 15 is 0 Å². The molecule has 3 aromatic rings. The van der Waals surface area contributed by atoms with Crippen LogP contribution in [0.2, 0.25) is 0 Å². The van der Waals surface area contributed by atoms with Gasteiger partial charge in [0.1, 0.15) is 17.6 Å². The zero-order valence-electron chi connectivity index (χ0n) is 29.2. The van der Waals surface area contributed by atoms with Gasteiger partial charge in [-0.3, -0.25) is 4.79 Å². The van der Waals surface area contributed by atoms with Crippen molar-refractivity contribution >= 4 is 33.3 Å². The van der Waals surface area contributed by atoms with Gasteiger partial charge in [0.2, 0.25) is 15.9 Å². The van der Waals surface area contributed by atoms with E-state index in [1.807, 2.05) is 35.7 Å². The maximum Gasteiger partial charge on any atom is 0.318 e. The molecule has 0 unspecified atom stereocenters. The lowest BCUT2D eigenvalue weighted by atomic mass is 9.99. The number of methoxy groups -OCH3 is 1. The van der Waals surface area contributed by atoms with Crippen LogP contribution in [0.3, 0.4) is 0 Å². The van der Waals surface area contributed by atoms with Crippen molar-refractivity contribution in [1.29, 1.82) is 0 Å². The molecule has 0 spiro atoms. The molecule has 0 saturated heterocycles. The Kier molecular flexibility index (Phi) is 15.0. The number of rotatable bonds is 19. The third-order valence-electron chi connectivity index (χ3n) is 8.88. The molecule has 0 bridgehead atoms. The number of nitrogens with zero attached hydrogens (tertiary/aromatic N) is 4.